The van der Waals surface area contributed by atoms with E-state index >= 15 is 0 Å². The second kappa shape index (κ2) is 65.9. The minimum absolute atomic E-state index is 0.0227. The molecule has 0 aromatic carbocycles. The standard InChI is InChI=1S/C70H135NO5/c1-3-5-7-9-11-13-14-15-16-17-31-35-38-41-44-48-52-56-60-64-70(75)76-65-61-57-53-49-45-42-39-36-33-30-28-26-24-22-20-18-19-21-23-25-27-29-32-34-37-40-43-47-51-55-59-63-69(74)71-67(66-72)68(73)62-58-54-50-46-12-10-8-6-4-2/h20,22,58,62,67-68,72-73H,3-19,21,23-57,59-61,63-66H2,1-2H3,(H,71,74)/b22-20-,62-58+. The number of hydrogen-bond acceptors (Lipinski definition) is 5. The number of aliphatic hydroxyl groups excluding tert-OH is 2. The summed E-state index contributed by atoms with van der Waals surface area (Å²) >= 11 is 0. The summed E-state index contributed by atoms with van der Waals surface area (Å²) in [6.45, 7) is 4.91. The topological polar surface area (TPSA) is 95.9 Å². The molecule has 6 nitrogen and oxygen atoms in total. The summed E-state index contributed by atoms with van der Waals surface area (Å²) in [5.74, 6) is -0.0446. The largest absolute Gasteiger partial charge is 0.466 e. The maximum atomic E-state index is 12.4. The van der Waals surface area contributed by atoms with Crippen LogP contribution in [0.3, 0.4) is 0 Å². The summed E-state index contributed by atoms with van der Waals surface area (Å²) in [5.41, 5.74) is 0. The lowest BCUT2D eigenvalue weighted by molar-refractivity contribution is -0.143. The van der Waals surface area contributed by atoms with Gasteiger partial charge in [0.2, 0.25) is 5.91 Å². The predicted molar refractivity (Wildman–Crippen MR) is 333 cm³/mol. The number of ether oxygens (including phenoxy) is 1. The van der Waals surface area contributed by atoms with Crippen molar-refractivity contribution >= 4 is 11.9 Å². The number of amides is 1. The first-order chi connectivity index (χ1) is 37.5. The van der Waals surface area contributed by atoms with E-state index in [1.54, 1.807) is 6.08 Å². The molecule has 0 radical (unpaired) electrons. The molecular formula is C70H135NO5. The SMILES string of the molecule is CCCCCCCCC/C=C/C(O)C(CO)NC(=O)CCCCCCCCCCCCCCCCC/C=C\CCCCCCCCCCCCCCOC(=O)CCCCCCCCCCCCCCCCCCCCC. The Morgan fingerprint density at radius 3 is 0.934 bits per heavy atom. The molecule has 0 aliphatic rings. The highest BCUT2D eigenvalue weighted by Gasteiger charge is 2.18. The van der Waals surface area contributed by atoms with E-state index in [9.17, 15) is 19.8 Å². The fourth-order valence-electron chi connectivity index (χ4n) is 10.9. The van der Waals surface area contributed by atoms with Gasteiger partial charge in [0.15, 0.2) is 0 Å². The van der Waals surface area contributed by atoms with Crippen LogP contribution < -0.4 is 5.32 Å². The fraction of sp³-hybridized carbons (Fsp3) is 0.914. The summed E-state index contributed by atoms with van der Waals surface area (Å²) in [6.07, 6.45) is 82.8. The highest BCUT2D eigenvalue weighted by atomic mass is 16.5. The molecule has 2 atom stereocenters. The lowest BCUT2D eigenvalue weighted by Gasteiger charge is -2.20. The van der Waals surface area contributed by atoms with Crippen LogP contribution in [0.25, 0.3) is 0 Å². The van der Waals surface area contributed by atoms with Gasteiger partial charge in [0.25, 0.3) is 0 Å². The molecule has 0 bridgehead atoms. The second-order valence-electron chi connectivity index (χ2n) is 23.9. The van der Waals surface area contributed by atoms with Crippen molar-refractivity contribution in [2.24, 2.45) is 0 Å². The molecule has 76 heavy (non-hydrogen) atoms. The molecular weight excluding hydrogens is 935 g/mol. The Kier molecular flexibility index (Phi) is 64.4. The van der Waals surface area contributed by atoms with Crippen molar-refractivity contribution in [3.8, 4) is 0 Å². The lowest BCUT2D eigenvalue weighted by atomic mass is 10.0. The number of allylic oxidation sites excluding steroid dienone is 3. The number of carbonyl (C=O) groups is 2. The van der Waals surface area contributed by atoms with Crippen LogP contribution in [0.5, 0.6) is 0 Å². The van der Waals surface area contributed by atoms with E-state index in [0.29, 0.717) is 19.4 Å². The van der Waals surface area contributed by atoms with Gasteiger partial charge in [-0.3, -0.25) is 9.59 Å². The smallest absolute Gasteiger partial charge is 0.305 e. The Balaban J connectivity index is 3.31. The Bertz CT molecular complexity index is 1190. The summed E-state index contributed by atoms with van der Waals surface area (Å²) in [5, 5.41) is 23.0. The number of esters is 1. The second-order valence-corrected chi connectivity index (χ2v) is 23.9. The quantitative estimate of drug-likeness (QED) is 0.0320. The van der Waals surface area contributed by atoms with Gasteiger partial charge < -0.3 is 20.3 Å². The van der Waals surface area contributed by atoms with Gasteiger partial charge in [-0.2, -0.15) is 0 Å². The molecule has 2 unspecified atom stereocenters. The highest BCUT2D eigenvalue weighted by Crippen LogP contribution is 2.18. The molecule has 1 amide bonds. The first-order valence-electron chi connectivity index (χ1n) is 34.6. The van der Waals surface area contributed by atoms with Crippen LogP contribution in [0, 0.1) is 0 Å². The molecule has 3 N–H and O–H groups in total. The third kappa shape index (κ3) is 61.6. The molecule has 0 aromatic rings. The molecule has 0 rings (SSSR count). The molecule has 0 saturated carbocycles. The van der Waals surface area contributed by atoms with E-state index in [2.05, 4.69) is 31.3 Å². The van der Waals surface area contributed by atoms with Crippen LogP contribution in [-0.2, 0) is 14.3 Å². The first kappa shape index (κ1) is 74.3. The van der Waals surface area contributed by atoms with Crippen molar-refractivity contribution in [2.45, 2.75) is 398 Å². The summed E-state index contributed by atoms with van der Waals surface area (Å²) in [6, 6.07) is -0.624. The average Bonchev–Trinajstić information content (AvgIpc) is 3.42. The summed E-state index contributed by atoms with van der Waals surface area (Å²) < 4.78 is 5.51. The third-order valence-electron chi connectivity index (χ3n) is 16.2. The molecule has 0 heterocycles. The van der Waals surface area contributed by atoms with E-state index in [0.717, 1.165) is 38.5 Å². The van der Waals surface area contributed by atoms with E-state index in [4.69, 9.17) is 4.74 Å². The number of hydrogen-bond donors (Lipinski definition) is 3. The zero-order chi connectivity index (χ0) is 55.0. The minimum atomic E-state index is -0.840. The fourth-order valence-corrected chi connectivity index (χ4v) is 10.9. The van der Waals surface area contributed by atoms with Crippen molar-refractivity contribution in [3.63, 3.8) is 0 Å². The number of unbranched alkanes of at least 4 members (excludes halogenated alkanes) is 52. The van der Waals surface area contributed by atoms with E-state index in [-0.39, 0.29) is 18.5 Å². The molecule has 0 aromatic heterocycles. The molecule has 6 heteroatoms. The Morgan fingerprint density at radius 2 is 0.618 bits per heavy atom. The van der Waals surface area contributed by atoms with Gasteiger partial charge in [-0.25, -0.2) is 0 Å². The Hall–Kier alpha value is -1.66. The van der Waals surface area contributed by atoms with Crippen molar-refractivity contribution in [1.29, 1.82) is 0 Å². The van der Waals surface area contributed by atoms with Crippen LogP contribution >= 0.6 is 0 Å². The lowest BCUT2D eigenvalue weighted by Crippen LogP contribution is -2.45. The number of nitrogens with one attached hydrogen (secondary N) is 1. The van der Waals surface area contributed by atoms with Gasteiger partial charge in [-0.15, -0.1) is 0 Å². The van der Waals surface area contributed by atoms with E-state index in [1.807, 2.05) is 6.08 Å². The predicted octanol–water partition coefficient (Wildman–Crippen LogP) is 22.1. The zero-order valence-electron chi connectivity index (χ0n) is 51.5. The molecule has 450 valence electrons. The van der Waals surface area contributed by atoms with Gasteiger partial charge in [0.1, 0.15) is 0 Å². The number of aliphatic hydroxyl groups is 2. The van der Waals surface area contributed by atoms with E-state index in [1.165, 1.54) is 321 Å². The van der Waals surface area contributed by atoms with Gasteiger partial charge >= 0.3 is 5.97 Å². The molecule has 0 spiro atoms. The van der Waals surface area contributed by atoms with Gasteiger partial charge in [0, 0.05) is 12.8 Å². The highest BCUT2D eigenvalue weighted by molar-refractivity contribution is 5.76. The summed E-state index contributed by atoms with van der Waals surface area (Å²) in [7, 11) is 0. The normalized spacial score (nSPS) is 12.6. The molecule has 0 aliphatic heterocycles. The van der Waals surface area contributed by atoms with Crippen LogP contribution in [0.15, 0.2) is 24.3 Å². The zero-order valence-corrected chi connectivity index (χ0v) is 51.5. The van der Waals surface area contributed by atoms with Crippen LogP contribution in [0.4, 0.5) is 0 Å². The van der Waals surface area contributed by atoms with E-state index < -0.39 is 12.1 Å². The van der Waals surface area contributed by atoms with Crippen LogP contribution in [0.2, 0.25) is 0 Å². The average molecular weight is 1070 g/mol. The Labute approximate surface area is 475 Å². The maximum absolute atomic E-state index is 12.4. The van der Waals surface area contributed by atoms with Crippen molar-refractivity contribution in [3.05, 3.63) is 24.3 Å². The molecule has 0 fully saturated rings. The number of carbonyl (C=O) groups excluding carboxylic acids is 2. The summed E-state index contributed by atoms with van der Waals surface area (Å²) in [4.78, 5) is 24.5. The number of rotatable bonds is 65. The maximum Gasteiger partial charge on any atom is 0.305 e. The van der Waals surface area contributed by atoms with Crippen molar-refractivity contribution < 1.29 is 24.5 Å². The van der Waals surface area contributed by atoms with Crippen molar-refractivity contribution in [2.75, 3.05) is 13.2 Å². The van der Waals surface area contributed by atoms with Gasteiger partial charge in [-0.05, 0) is 57.8 Å². The van der Waals surface area contributed by atoms with Gasteiger partial charge in [-0.1, -0.05) is 340 Å². The Morgan fingerprint density at radius 1 is 0.355 bits per heavy atom. The molecule has 0 saturated heterocycles. The van der Waals surface area contributed by atoms with Crippen molar-refractivity contribution in [1.82, 2.24) is 5.32 Å². The third-order valence-corrected chi connectivity index (χ3v) is 16.2. The van der Waals surface area contributed by atoms with Crippen LogP contribution in [0.1, 0.15) is 386 Å². The minimum Gasteiger partial charge on any atom is -0.466 e. The van der Waals surface area contributed by atoms with Crippen LogP contribution in [-0.4, -0.2) is 47.4 Å². The van der Waals surface area contributed by atoms with Gasteiger partial charge in [0.05, 0.1) is 25.4 Å². The molecule has 0 aliphatic carbocycles. The monoisotopic (exact) mass is 1070 g/mol. The first-order valence-corrected chi connectivity index (χ1v) is 34.6.